The van der Waals surface area contributed by atoms with Gasteiger partial charge in [-0.15, -0.1) is 0 Å². The van der Waals surface area contributed by atoms with Gasteiger partial charge in [-0.3, -0.25) is 4.79 Å². The number of benzene rings is 2. The Morgan fingerprint density at radius 2 is 1.88 bits per heavy atom. The van der Waals surface area contributed by atoms with E-state index in [4.69, 9.17) is 0 Å². The molecule has 1 atom stereocenters. The highest BCUT2D eigenvalue weighted by Crippen LogP contribution is 2.17. The molecule has 0 spiro atoms. The van der Waals surface area contributed by atoms with Gasteiger partial charge in [0.15, 0.2) is 0 Å². The van der Waals surface area contributed by atoms with Crippen molar-refractivity contribution in [3.63, 3.8) is 0 Å². The number of nitrogens with zero attached hydrogens (tertiary/aromatic N) is 1. The summed E-state index contributed by atoms with van der Waals surface area (Å²) in [6.07, 6.45) is 1.87. The van der Waals surface area contributed by atoms with E-state index in [1.807, 2.05) is 30.3 Å². The highest BCUT2D eigenvalue weighted by atomic mass is 19.1. The maximum atomic E-state index is 13.4. The highest BCUT2D eigenvalue weighted by molar-refractivity contribution is 5.86. The van der Waals surface area contributed by atoms with Crippen molar-refractivity contribution in [1.29, 1.82) is 0 Å². The standard InChI is InChI=1S/C19H17FN2O3/c20-15-7-6-14-8-9-22(17(14)11-15)12-18(23)21-16(19(24)25)10-13-4-2-1-3-5-13/h1-9,11,16H,10,12H2,(H,21,23)(H,24,25)/t16-/m0/s1. The van der Waals surface area contributed by atoms with E-state index in [0.717, 1.165) is 10.9 Å². The number of aliphatic carboxylic acids is 1. The molecule has 128 valence electrons. The molecular formula is C19H17FN2O3. The molecule has 0 aliphatic rings. The number of carboxylic acid groups (broad SMARTS) is 1. The first-order chi connectivity index (χ1) is 12.0. The van der Waals surface area contributed by atoms with Gasteiger partial charge in [0.1, 0.15) is 18.4 Å². The normalized spacial score (nSPS) is 12.0. The van der Waals surface area contributed by atoms with Crippen LogP contribution < -0.4 is 5.32 Å². The van der Waals surface area contributed by atoms with Crippen LogP contribution in [0.2, 0.25) is 0 Å². The minimum absolute atomic E-state index is 0.0779. The van der Waals surface area contributed by atoms with Gasteiger partial charge in [0.25, 0.3) is 0 Å². The molecule has 1 aromatic heterocycles. The van der Waals surface area contributed by atoms with Gasteiger partial charge in [-0.25, -0.2) is 9.18 Å². The number of carbonyl (C=O) groups is 2. The van der Waals surface area contributed by atoms with E-state index >= 15 is 0 Å². The lowest BCUT2D eigenvalue weighted by atomic mass is 10.1. The van der Waals surface area contributed by atoms with E-state index in [1.165, 1.54) is 12.1 Å². The average Bonchev–Trinajstić information content (AvgIpc) is 2.97. The van der Waals surface area contributed by atoms with Crippen molar-refractivity contribution in [1.82, 2.24) is 9.88 Å². The molecule has 0 radical (unpaired) electrons. The van der Waals surface area contributed by atoms with E-state index in [1.54, 1.807) is 22.9 Å². The third kappa shape index (κ3) is 4.03. The van der Waals surface area contributed by atoms with Crippen LogP contribution in [0.15, 0.2) is 60.8 Å². The Bertz CT molecular complexity index is 905. The lowest BCUT2D eigenvalue weighted by Gasteiger charge is -2.15. The van der Waals surface area contributed by atoms with Gasteiger partial charge < -0.3 is 15.0 Å². The molecule has 0 aliphatic heterocycles. The molecule has 25 heavy (non-hydrogen) atoms. The van der Waals surface area contributed by atoms with Crippen LogP contribution in [0.5, 0.6) is 0 Å². The van der Waals surface area contributed by atoms with Crippen LogP contribution in [0, 0.1) is 5.82 Å². The number of halogens is 1. The Hall–Kier alpha value is -3.15. The Morgan fingerprint density at radius 1 is 1.12 bits per heavy atom. The quantitative estimate of drug-likeness (QED) is 0.724. The molecule has 0 saturated carbocycles. The predicted octanol–water partition coefficient (Wildman–Crippen LogP) is 2.59. The van der Waals surface area contributed by atoms with Crippen LogP contribution in [0.4, 0.5) is 4.39 Å². The highest BCUT2D eigenvalue weighted by Gasteiger charge is 2.20. The topological polar surface area (TPSA) is 71.3 Å². The Labute approximate surface area is 143 Å². The molecule has 0 fully saturated rings. The third-order valence-corrected chi connectivity index (χ3v) is 3.97. The molecule has 6 heteroatoms. The summed E-state index contributed by atoms with van der Waals surface area (Å²) < 4.78 is 15.0. The number of hydrogen-bond donors (Lipinski definition) is 2. The molecule has 3 aromatic rings. The van der Waals surface area contributed by atoms with Crippen molar-refractivity contribution in [2.24, 2.45) is 0 Å². The van der Waals surface area contributed by atoms with Gasteiger partial charge in [0.2, 0.25) is 5.91 Å². The second-order valence-electron chi connectivity index (χ2n) is 5.79. The fourth-order valence-corrected chi connectivity index (χ4v) is 2.74. The minimum Gasteiger partial charge on any atom is -0.480 e. The minimum atomic E-state index is -1.10. The zero-order valence-corrected chi connectivity index (χ0v) is 13.4. The SMILES string of the molecule is O=C(Cn1ccc2ccc(F)cc21)N[C@@H](Cc1ccccc1)C(=O)O. The van der Waals surface area contributed by atoms with Crippen LogP contribution in [0.1, 0.15) is 5.56 Å². The van der Waals surface area contributed by atoms with Crippen molar-refractivity contribution in [3.05, 3.63) is 72.2 Å². The number of fused-ring (bicyclic) bond motifs is 1. The first-order valence-electron chi connectivity index (χ1n) is 7.83. The molecular weight excluding hydrogens is 323 g/mol. The molecule has 0 bridgehead atoms. The Balaban J connectivity index is 1.71. The smallest absolute Gasteiger partial charge is 0.326 e. The van der Waals surface area contributed by atoms with E-state index in [9.17, 15) is 19.1 Å². The van der Waals surface area contributed by atoms with Crippen LogP contribution in [0.25, 0.3) is 10.9 Å². The number of nitrogens with one attached hydrogen (secondary N) is 1. The summed E-state index contributed by atoms with van der Waals surface area (Å²) in [5.41, 5.74) is 1.41. The number of aromatic nitrogens is 1. The number of amides is 1. The molecule has 2 N–H and O–H groups in total. The summed E-state index contributed by atoms with van der Waals surface area (Å²) in [6, 6.07) is 14.2. The summed E-state index contributed by atoms with van der Waals surface area (Å²) in [4.78, 5) is 23.7. The second kappa shape index (κ2) is 7.17. The lowest BCUT2D eigenvalue weighted by Crippen LogP contribution is -2.43. The monoisotopic (exact) mass is 340 g/mol. The maximum Gasteiger partial charge on any atom is 0.326 e. The van der Waals surface area contributed by atoms with Crippen molar-refractivity contribution < 1.29 is 19.1 Å². The average molecular weight is 340 g/mol. The molecule has 3 rings (SSSR count). The van der Waals surface area contributed by atoms with Crippen LogP contribution in [-0.4, -0.2) is 27.6 Å². The number of carboxylic acids is 1. The second-order valence-corrected chi connectivity index (χ2v) is 5.79. The fourth-order valence-electron chi connectivity index (χ4n) is 2.74. The lowest BCUT2D eigenvalue weighted by molar-refractivity contribution is -0.141. The third-order valence-electron chi connectivity index (χ3n) is 3.97. The first-order valence-corrected chi connectivity index (χ1v) is 7.83. The molecule has 0 saturated heterocycles. The van der Waals surface area contributed by atoms with E-state index in [-0.39, 0.29) is 18.8 Å². The number of hydrogen-bond acceptors (Lipinski definition) is 2. The van der Waals surface area contributed by atoms with Gasteiger partial charge >= 0.3 is 5.97 Å². The molecule has 0 aliphatic carbocycles. The molecule has 1 amide bonds. The Morgan fingerprint density at radius 3 is 2.60 bits per heavy atom. The van der Waals surface area contributed by atoms with Gasteiger partial charge in [-0.1, -0.05) is 30.3 Å². The Kier molecular flexibility index (Phi) is 4.79. The van der Waals surface area contributed by atoms with E-state index < -0.39 is 17.9 Å². The fraction of sp³-hybridized carbons (Fsp3) is 0.158. The molecule has 5 nitrogen and oxygen atoms in total. The molecule has 1 heterocycles. The maximum absolute atomic E-state index is 13.4. The molecule has 2 aromatic carbocycles. The van der Waals surface area contributed by atoms with Gasteiger partial charge in [-0.05, 0) is 35.2 Å². The largest absolute Gasteiger partial charge is 0.480 e. The first kappa shape index (κ1) is 16.7. The summed E-state index contributed by atoms with van der Waals surface area (Å²) in [5, 5.41) is 12.7. The van der Waals surface area contributed by atoms with Crippen molar-refractivity contribution >= 4 is 22.8 Å². The summed E-state index contributed by atoms with van der Waals surface area (Å²) in [6.45, 7) is -0.0779. The van der Waals surface area contributed by atoms with Crippen LogP contribution in [0.3, 0.4) is 0 Å². The van der Waals surface area contributed by atoms with Gasteiger partial charge in [0, 0.05) is 12.6 Å². The van der Waals surface area contributed by atoms with Crippen LogP contribution >= 0.6 is 0 Å². The van der Waals surface area contributed by atoms with Crippen molar-refractivity contribution in [2.75, 3.05) is 0 Å². The number of rotatable bonds is 6. The van der Waals surface area contributed by atoms with E-state index in [0.29, 0.717) is 5.52 Å². The number of carbonyl (C=O) groups excluding carboxylic acids is 1. The summed E-state index contributed by atoms with van der Waals surface area (Å²) in [7, 11) is 0. The summed E-state index contributed by atoms with van der Waals surface area (Å²) in [5.74, 6) is -1.92. The molecule has 0 unspecified atom stereocenters. The van der Waals surface area contributed by atoms with Crippen molar-refractivity contribution in [2.45, 2.75) is 19.0 Å². The van der Waals surface area contributed by atoms with Gasteiger partial charge in [-0.2, -0.15) is 0 Å². The van der Waals surface area contributed by atoms with Crippen LogP contribution in [-0.2, 0) is 22.6 Å². The zero-order chi connectivity index (χ0) is 17.8. The summed E-state index contributed by atoms with van der Waals surface area (Å²) >= 11 is 0. The predicted molar refractivity (Wildman–Crippen MR) is 91.6 cm³/mol. The zero-order valence-electron chi connectivity index (χ0n) is 13.4. The van der Waals surface area contributed by atoms with Crippen molar-refractivity contribution in [3.8, 4) is 0 Å². The van der Waals surface area contributed by atoms with E-state index in [2.05, 4.69) is 5.32 Å². The van der Waals surface area contributed by atoms with Gasteiger partial charge in [0.05, 0.1) is 5.52 Å².